The maximum Gasteiger partial charge on any atom is 0.234 e. The highest BCUT2D eigenvalue weighted by atomic mass is 79.9. The number of aryl methyl sites for hydroxylation is 1. The van der Waals surface area contributed by atoms with Crippen molar-refractivity contribution < 1.29 is 8.42 Å². The Morgan fingerprint density at radius 1 is 0.944 bits per heavy atom. The third-order valence-electron chi connectivity index (χ3n) is 2.33. The van der Waals surface area contributed by atoms with E-state index in [0.29, 0.717) is 4.90 Å². The van der Waals surface area contributed by atoms with Gasteiger partial charge in [0.25, 0.3) is 0 Å². The minimum atomic E-state index is -3.35. The second-order valence-electron chi connectivity index (χ2n) is 3.80. The number of rotatable bonds is 3. The molecule has 18 heavy (non-hydrogen) atoms. The molecule has 0 aliphatic heterocycles. The topological polar surface area (TPSA) is 34.1 Å². The van der Waals surface area contributed by atoms with Crippen LogP contribution >= 0.6 is 26.7 Å². The molecule has 0 atom stereocenters. The minimum Gasteiger partial charge on any atom is -0.212 e. The fourth-order valence-corrected chi connectivity index (χ4v) is 4.42. The van der Waals surface area contributed by atoms with E-state index in [1.54, 1.807) is 24.3 Å². The number of hydrogen-bond donors (Lipinski definition) is 0. The van der Waals surface area contributed by atoms with Gasteiger partial charge in [0.1, 0.15) is 0 Å². The summed E-state index contributed by atoms with van der Waals surface area (Å²) in [4.78, 5) is 1.04. The van der Waals surface area contributed by atoms with Crippen LogP contribution in [-0.4, -0.2) is 8.42 Å². The quantitative estimate of drug-likeness (QED) is 0.782. The van der Waals surface area contributed by atoms with Crippen molar-refractivity contribution in [2.24, 2.45) is 0 Å². The van der Waals surface area contributed by atoms with Gasteiger partial charge in [0.15, 0.2) is 0 Å². The van der Waals surface area contributed by atoms with Gasteiger partial charge in [-0.3, -0.25) is 0 Å². The van der Waals surface area contributed by atoms with Gasteiger partial charge in [-0.05, 0) is 43.3 Å². The van der Waals surface area contributed by atoms with E-state index in [2.05, 4.69) is 15.9 Å². The molecule has 0 spiro atoms. The van der Waals surface area contributed by atoms with Crippen molar-refractivity contribution >= 4 is 35.6 Å². The van der Waals surface area contributed by atoms with Crippen LogP contribution in [0.1, 0.15) is 5.56 Å². The molecule has 0 bridgehead atoms. The molecule has 0 heterocycles. The third-order valence-corrected chi connectivity index (χ3v) is 6.20. The Kier molecular flexibility index (Phi) is 4.14. The molecule has 0 fully saturated rings. The summed E-state index contributed by atoms with van der Waals surface area (Å²) in [6.07, 6.45) is 0. The van der Waals surface area contributed by atoms with Crippen LogP contribution in [0.5, 0.6) is 0 Å². The van der Waals surface area contributed by atoms with Gasteiger partial charge < -0.3 is 0 Å². The second-order valence-corrected chi connectivity index (χ2v) is 8.55. The van der Waals surface area contributed by atoms with Crippen LogP contribution < -0.4 is 0 Å². The van der Waals surface area contributed by atoms with E-state index in [4.69, 9.17) is 0 Å². The maximum atomic E-state index is 12.1. The lowest BCUT2D eigenvalue weighted by Crippen LogP contribution is -1.94. The first-order valence-corrected chi connectivity index (χ1v) is 8.85. The van der Waals surface area contributed by atoms with Crippen molar-refractivity contribution in [1.29, 1.82) is 0 Å². The smallest absolute Gasteiger partial charge is 0.212 e. The highest BCUT2D eigenvalue weighted by Crippen LogP contribution is 2.31. The summed E-state index contributed by atoms with van der Waals surface area (Å²) in [5, 5.41) is 0. The standard InChI is InChI=1S/C13H11BrO2S2/c1-10-2-6-12(7-3-10)17-18(15,16)13-8-4-11(14)5-9-13/h2-9H,1H3. The van der Waals surface area contributed by atoms with Crippen LogP contribution in [0.15, 0.2) is 62.8 Å². The number of halogens is 1. The predicted octanol–water partition coefficient (Wildman–Crippen LogP) is 4.24. The van der Waals surface area contributed by atoms with Crippen LogP contribution in [0.4, 0.5) is 0 Å². The highest BCUT2D eigenvalue weighted by Gasteiger charge is 2.16. The van der Waals surface area contributed by atoms with Crippen LogP contribution in [0.3, 0.4) is 0 Å². The average Bonchev–Trinajstić information content (AvgIpc) is 2.32. The van der Waals surface area contributed by atoms with Gasteiger partial charge >= 0.3 is 0 Å². The second kappa shape index (κ2) is 5.47. The maximum absolute atomic E-state index is 12.1. The monoisotopic (exact) mass is 342 g/mol. The van der Waals surface area contributed by atoms with Crippen molar-refractivity contribution in [2.75, 3.05) is 0 Å². The molecule has 0 aliphatic carbocycles. The molecule has 0 N–H and O–H groups in total. The summed E-state index contributed by atoms with van der Waals surface area (Å²) >= 11 is 3.29. The fraction of sp³-hybridized carbons (Fsp3) is 0.0769. The predicted molar refractivity (Wildman–Crippen MR) is 78.4 cm³/mol. The van der Waals surface area contributed by atoms with Crippen molar-refractivity contribution in [2.45, 2.75) is 16.7 Å². The van der Waals surface area contributed by atoms with Crippen molar-refractivity contribution in [3.63, 3.8) is 0 Å². The number of benzene rings is 2. The largest absolute Gasteiger partial charge is 0.234 e. The normalized spacial score (nSPS) is 11.4. The van der Waals surface area contributed by atoms with E-state index in [-0.39, 0.29) is 0 Å². The van der Waals surface area contributed by atoms with Crippen LogP contribution in [0, 0.1) is 6.92 Å². The zero-order chi connectivity index (χ0) is 13.2. The van der Waals surface area contributed by atoms with Gasteiger partial charge in [0, 0.05) is 20.2 Å². The Morgan fingerprint density at radius 2 is 1.50 bits per heavy atom. The molecule has 2 aromatic rings. The fourth-order valence-electron chi connectivity index (χ4n) is 1.37. The molecule has 0 radical (unpaired) electrons. The first-order valence-electron chi connectivity index (χ1n) is 5.24. The molecule has 2 nitrogen and oxygen atoms in total. The zero-order valence-electron chi connectivity index (χ0n) is 9.63. The Balaban J connectivity index is 2.27. The molecule has 2 aromatic carbocycles. The Morgan fingerprint density at radius 3 is 2.06 bits per heavy atom. The molecular formula is C13H11BrO2S2. The Bertz CT molecular complexity index is 632. The molecule has 0 aromatic heterocycles. The zero-order valence-corrected chi connectivity index (χ0v) is 12.8. The highest BCUT2D eigenvalue weighted by molar-refractivity contribution is 9.10. The van der Waals surface area contributed by atoms with E-state index >= 15 is 0 Å². The van der Waals surface area contributed by atoms with Crippen LogP contribution in [-0.2, 0) is 8.87 Å². The molecule has 0 saturated heterocycles. The number of hydrogen-bond acceptors (Lipinski definition) is 3. The lowest BCUT2D eigenvalue weighted by atomic mass is 10.2. The van der Waals surface area contributed by atoms with Gasteiger partial charge in [-0.15, -0.1) is 0 Å². The van der Waals surface area contributed by atoms with Gasteiger partial charge in [-0.1, -0.05) is 33.6 Å². The van der Waals surface area contributed by atoms with E-state index in [9.17, 15) is 8.42 Å². The van der Waals surface area contributed by atoms with Gasteiger partial charge in [-0.25, -0.2) is 8.42 Å². The van der Waals surface area contributed by atoms with E-state index in [1.165, 1.54) is 0 Å². The van der Waals surface area contributed by atoms with E-state index in [0.717, 1.165) is 25.7 Å². The third kappa shape index (κ3) is 3.37. The minimum absolute atomic E-state index is 0.316. The Labute approximate surface area is 119 Å². The SMILES string of the molecule is Cc1ccc(SS(=O)(=O)c2ccc(Br)cc2)cc1. The molecule has 0 saturated carbocycles. The van der Waals surface area contributed by atoms with E-state index < -0.39 is 8.87 Å². The van der Waals surface area contributed by atoms with Crippen LogP contribution in [0.25, 0.3) is 0 Å². The molecular weight excluding hydrogens is 332 g/mol. The van der Waals surface area contributed by atoms with Crippen molar-refractivity contribution in [1.82, 2.24) is 0 Å². The van der Waals surface area contributed by atoms with E-state index in [1.807, 2.05) is 31.2 Å². The first-order chi connectivity index (χ1) is 8.47. The van der Waals surface area contributed by atoms with Crippen LogP contribution in [0.2, 0.25) is 0 Å². The molecule has 0 aliphatic rings. The van der Waals surface area contributed by atoms with Crippen molar-refractivity contribution in [3.8, 4) is 0 Å². The summed E-state index contributed by atoms with van der Waals surface area (Å²) < 4.78 is 25.2. The first kappa shape index (κ1) is 13.6. The molecule has 94 valence electrons. The van der Waals surface area contributed by atoms with Gasteiger partial charge in [0.2, 0.25) is 8.87 Å². The summed E-state index contributed by atoms with van der Waals surface area (Å²) in [5.74, 6) is 0. The van der Waals surface area contributed by atoms with Gasteiger partial charge in [-0.2, -0.15) is 0 Å². The molecule has 5 heteroatoms. The summed E-state index contributed by atoms with van der Waals surface area (Å²) in [7, 11) is -2.48. The lowest BCUT2D eigenvalue weighted by molar-refractivity contribution is 0.610. The molecule has 0 unspecified atom stereocenters. The van der Waals surface area contributed by atoms with Crippen molar-refractivity contribution in [3.05, 3.63) is 58.6 Å². The summed E-state index contributed by atoms with van der Waals surface area (Å²) in [6.45, 7) is 1.97. The average molecular weight is 343 g/mol. The Hall–Kier alpha value is -0.780. The summed E-state index contributed by atoms with van der Waals surface area (Å²) in [5.41, 5.74) is 1.11. The lowest BCUT2D eigenvalue weighted by Gasteiger charge is -2.04. The molecule has 2 rings (SSSR count). The molecule has 0 amide bonds. The summed E-state index contributed by atoms with van der Waals surface area (Å²) in [6, 6.07) is 14.1. The van der Waals surface area contributed by atoms with Gasteiger partial charge in [0.05, 0.1) is 4.90 Å².